The zero-order chi connectivity index (χ0) is 27.7. The third-order valence-electron chi connectivity index (χ3n) is 6.67. The van der Waals surface area contributed by atoms with Crippen LogP contribution in [0.4, 0.5) is 5.13 Å². The number of benzene rings is 2. The van der Waals surface area contributed by atoms with Gasteiger partial charge >= 0.3 is 5.91 Å². The molecule has 0 spiro atoms. The monoisotopic (exact) mass is 549 g/mol. The number of aryl methyl sites for hydroxylation is 1. The Bertz CT molecular complexity index is 1450. The van der Waals surface area contributed by atoms with Crippen LogP contribution in [0.5, 0.6) is 17.2 Å². The molecule has 1 N–H and O–H groups in total. The van der Waals surface area contributed by atoms with Gasteiger partial charge in [-0.25, -0.2) is 0 Å². The van der Waals surface area contributed by atoms with Gasteiger partial charge in [-0.15, -0.1) is 10.2 Å². The number of aromatic nitrogens is 2. The summed E-state index contributed by atoms with van der Waals surface area (Å²) < 4.78 is 17.6. The molecule has 3 aromatic rings. The van der Waals surface area contributed by atoms with Crippen molar-refractivity contribution < 1.29 is 28.9 Å². The lowest BCUT2D eigenvalue weighted by Crippen LogP contribution is -2.29. The summed E-state index contributed by atoms with van der Waals surface area (Å²) in [6.45, 7) is 8.65. The van der Waals surface area contributed by atoms with Gasteiger partial charge in [-0.05, 0) is 68.7 Å². The van der Waals surface area contributed by atoms with E-state index in [4.69, 9.17) is 14.2 Å². The Hall–Kier alpha value is -3.92. The van der Waals surface area contributed by atoms with E-state index in [-0.39, 0.29) is 22.6 Å². The van der Waals surface area contributed by atoms with E-state index < -0.39 is 17.7 Å². The molecule has 2 aliphatic rings. The molecule has 10 heteroatoms. The van der Waals surface area contributed by atoms with Crippen LogP contribution in [0, 0.1) is 6.92 Å². The van der Waals surface area contributed by atoms with Gasteiger partial charge in [0.1, 0.15) is 22.6 Å². The number of aliphatic hydroxyl groups excluding tert-OH is 1. The molecule has 39 heavy (non-hydrogen) atoms. The van der Waals surface area contributed by atoms with Gasteiger partial charge in [0.25, 0.3) is 5.78 Å². The summed E-state index contributed by atoms with van der Waals surface area (Å²) in [7, 11) is 0. The molecule has 1 amide bonds. The van der Waals surface area contributed by atoms with Gasteiger partial charge in [-0.1, -0.05) is 30.7 Å². The molecule has 1 fully saturated rings. The number of amides is 1. The summed E-state index contributed by atoms with van der Waals surface area (Å²) in [4.78, 5) is 28.2. The molecular weight excluding hydrogens is 518 g/mol. The van der Waals surface area contributed by atoms with Gasteiger partial charge in [0, 0.05) is 12.0 Å². The first-order valence-corrected chi connectivity index (χ1v) is 13.9. The first kappa shape index (κ1) is 26.7. The summed E-state index contributed by atoms with van der Waals surface area (Å²) >= 11 is 1.20. The van der Waals surface area contributed by atoms with Crippen molar-refractivity contribution in [1.29, 1.82) is 0 Å². The number of aliphatic hydroxyl groups is 1. The number of carbonyl (C=O) groups excluding carboxylic acids is 2. The van der Waals surface area contributed by atoms with E-state index in [0.717, 1.165) is 24.2 Å². The topological polar surface area (TPSA) is 111 Å². The number of fused-ring (bicyclic) bond motifs is 1. The maximum absolute atomic E-state index is 13.5. The van der Waals surface area contributed by atoms with Gasteiger partial charge in [-0.2, -0.15) is 0 Å². The van der Waals surface area contributed by atoms with E-state index in [1.165, 1.54) is 16.2 Å². The second-order valence-corrected chi connectivity index (χ2v) is 10.7. The number of nitrogens with zero attached hydrogens (tertiary/aromatic N) is 3. The van der Waals surface area contributed by atoms with Gasteiger partial charge in [0.05, 0.1) is 24.8 Å². The molecule has 3 heterocycles. The van der Waals surface area contributed by atoms with Crippen molar-refractivity contribution in [3.05, 3.63) is 63.7 Å². The molecule has 204 valence electrons. The van der Waals surface area contributed by atoms with E-state index in [2.05, 4.69) is 17.1 Å². The van der Waals surface area contributed by atoms with Crippen molar-refractivity contribution in [3.63, 3.8) is 0 Å². The SMILES string of the molecule is CCCCOc1ccc([C@@H]2C(=C(O)c3ccc4c(c3)C[C@@H](C)O4)C(=O)C(=O)N2c2nnc(C)s2)cc1OCC. The molecule has 0 saturated carbocycles. The third kappa shape index (κ3) is 5.08. The summed E-state index contributed by atoms with van der Waals surface area (Å²) in [5, 5.41) is 20.7. The predicted molar refractivity (Wildman–Crippen MR) is 148 cm³/mol. The van der Waals surface area contributed by atoms with Crippen molar-refractivity contribution in [2.24, 2.45) is 0 Å². The van der Waals surface area contributed by atoms with Crippen LogP contribution in [0.1, 0.15) is 61.4 Å². The number of ketones is 1. The van der Waals surface area contributed by atoms with E-state index in [0.29, 0.717) is 47.3 Å². The van der Waals surface area contributed by atoms with Crippen molar-refractivity contribution in [2.75, 3.05) is 18.1 Å². The minimum atomic E-state index is -0.940. The Morgan fingerprint density at radius 2 is 1.95 bits per heavy atom. The number of unbranched alkanes of at least 4 members (excludes halogenated alkanes) is 1. The van der Waals surface area contributed by atoms with Crippen LogP contribution >= 0.6 is 11.3 Å². The molecular formula is C29H31N3O6S. The van der Waals surface area contributed by atoms with Crippen LogP contribution in [0.25, 0.3) is 5.76 Å². The summed E-state index contributed by atoms with van der Waals surface area (Å²) in [5.41, 5.74) is 1.92. The Balaban J connectivity index is 1.64. The molecule has 0 radical (unpaired) electrons. The zero-order valence-corrected chi connectivity index (χ0v) is 23.2. The fraction of sp³-hybridized carbons (Fsp3) is 0.379. The highest BCUT2D eigenvalue weighted by Crippen LogP contribution is 2.45. The fourth-order valence-electron chi connectivity index (χ4n) is 4.86. The third-order valence-corrected chi connectivity index (χ3v) is 7.51. The standard InChI is InChI=1S/C29H31N3O6S/c1-5-7-12-37-22-11-8-18(15-23(22)36-6-2)25-24(27(34)28(35)32(25)29-31-30-17(4)39-29)26(33)19-9-10-21-20(14-19)13-16(3)38-21/h8-11,14-16,25,33H,5-7,12-13H2,1-4H3/t16-,25-/m1/s1. The number of anilines is 1. The maximum atomic E-state index is 13.5. The number of carbonyl (C=O) groups is 2. The summed E-state index contributed by atoms with van der Waals surface area (Å²) in [5.74, 6) is -0.0147. The largest absolute Gasteiger partial charge is 0.507 e. The maximum Gasteiger partial charge on any atom is 0.301 e. The average Bonchev–Trinajstić information content (AvgIpc) is 3.59. The zero-order valence-electron chi connectivity index (χ0n) is 22.4. The highest BCUT2D eigenvalue weighted by atomic mass is 32.1. The molecule has 0 unspecified atom stereocenters. The van der Waals surface area contributed by atoms with Crippen LogP contribution in [-0.4, -0.2) is 46.3 Å². The highest BCUT2D eigenvalue weighted by Gasteiger charge is 2.48. The lowest BCUT2D eigenvalue weighted by Gasteiger charge is -2.23. The highest BCUT2D eigenvalue weighted by molar-refractivity contribution is 7.15. The van der Waals surface area contributed by atoms with E-state index in [9.17, 15) is 14.7 Å². The smallest absolute Gasteiger partial charge is 0.301 e. The number of rotatable bonds is 9. The fourth-order valence-corrected chi connectivity index (χ4v) is 5.58. The molecule has 2 aliphatic heterocycles. The minimum absolute atomic E-state index is 0.0260. The molecule has 2 atom stereocenters. The number of Topliss-reactive ketones (excluding diaryl/α,β-unsaturated/α-hetero) is 1. The minimum Gasteiger partial charge on any atom is -0.507 e. The van der Waals surface area contributed by atoms with E-state index in [1.807, 2.05) is 19.9 Å². The Morgan fingerprint density at radius 1 is 1.13 bits per heavy atom. The van der Waals surface area contributed by atoms with E-state index in [1.54, 1.807) is 37.3 Å². The second kappa shape index (κ2) is 11.1. The summed E-state index contributed by atoms with van der Waals surface area (Å²) in [6.07, 6.45) is 2.61. The van der Waals surface area contributed by atoms with Gasteiger partial charge in [-0.3, -0.25) is 14.5 Å². The quantitative estimate of drug-likeness (QED) is 0.164. The van der Waals surface area contributed by atoms with Gasteiger partial charge in [0.2, 0.25) is 5.13 Å². The number of hydrogen-bond donors (Lipinski definition) is 1. The predicted octanol–water partition coefficient (Wildman–Crippen LogP) is 5.37. The normalized spacial score (nSPS) is 19.7. The van der Waals surface area contributed by atoms with Crippen molar-refractivity contribution in [3.8, 4) is 17.2 Å². The first-order chi connectivity index (χ1) is 18.8. The Kier molecular flexibility index (Phi) is 7.56. The Morgan fingerprint density at radius 3 is 2.67 bits per heavy atom. The molecule has 0 bridgehead atoms. The summed E-state index contributed by atoms with van der Waals surface area (Å²) in [6, 6.07) is 9.66. The van der Waals surface area contributed by atoms with Crippen LogP contribution in [0.3, 0.4) is 0 Å². The van der Waals surface area contributed by atoms with Crippen LogP contribution in [0.15, 0.2) is 42.0 Å². The second-order valence-electron chi connectivity index (χ2n) is 9.57. The molecule has 1 saturated heterocycles. The molecule has 2 aromatic carbocycles. The van der Waals surface area contributed by atoms with Crippen LogP contribution < -0.4 is 19.1 Å². The van der Waals surface area contributed by atoms with Crippen LogP contribution in [-0.2, 0) is 16.0 Å². The van der Waals surface area contributed by atoms with Gasteiger partial charge < -0.3 is 19.3 Å². The van der Waals surface area contributed by atoms with E-state index >= 15 is 0 Å². The van der Waals surface area contributed by atoms with Crippen molar-refractivity contribution in [2.45, 2.75) is 59.1 Å². The number of ether oxygens (including phenoxy) is 3. The molecule has 5 rings (SSSR count). The lowest BCUT2D eigenvalue weighted by molar-refractivity contribution is -0.132. The van der Waals surface area contributed by atoms with Crippen LogP contribution in [0.2, 0.25) is 0 Å². The van der Waals surface area contributed by atoms with Crippen molar-refractivity contribution >= 4 is 33.9 Å². The molecule has 1 aromatic heterocycles. The molecule has 0 aliphatic carbocycles. The Labute approximate surface area is 231 Å². The number of hydrogen-bond acceptors (Lipinski definition) is 9. The average molecular weight is 550 g/mol. The first-order valence-electron chi connectivity index (χ1n) is 13.1. The van der Waals surface area contributed by atoms with Gasteiger partial charge in [0.15, 0.2) is 11.5 Å². The molecule has 9 nitrogen and oxygen atoms in total. The lowest BCUT2D eigenvalue weighted by atomic mass is 9.94. The van der Waals surface area contributed by atoms with Crippen molar-refractivity contribution in [1.82, 2.24) is 10.2 Å².